The Bertz CT molecular complexity index is 466. The molecule has 0 spiro atoms. The monoisotopic (exact) mass is 342 g/mol. The molecule has 1 aromatic carbocycles. The molecule has 0 fully saturated rings. The fourth-order valence-corrected chi connectivity index (χ4v) is 2.36. The van der Waals surface area contributed by atoms with E-state index in [2.05, 4.69) is 19.2 Å². The van der Waals surface area contributed by atoms with E-state index in [-0.39, 0.29) is 18.3 Å². The highest BCUT2D eigenvalue weighted by Gasteiger charge is 2.33. The van der Waals surface area contributed by atoms with Gasteiger partial charge in [-0.25, -0.2) is 0 Å². The number of hydrogen-bond donors (Lipinski definition) is 2. The van der Waals surface area contributed by atoms with Crippen molar-refractivity contribution in [2.24, 2.45) is 17.1 Å². The van der Waals surface area contributed by atoms with E-state index in [4.69, 9.17) is 10.5 Å². The number of benzene rings is 1. The third-order valence-corrected chi connectivity index (χ3v) is 4.21. The molecule has 0 aliphatic carbocycles. The first-order valence-electron chi connectivity index (χ1n) is 8.18. The maximum Gasteiger partial charge on any atom is 0.227 e. The average Bonchev–Trinajstić information content (AvgIpc) is 2.53. The van der Waals surface area contributed by atoms with E-state index in [1.165, 1.54) is 0 Å². The molecule has 0 atom stereocenters. The van der Waals surface area contributed by atoms with Gasteiger partial charge in [-0.05, 0) is 24.8 Å². The third kappa shape index (κ3) is 6.04. The predicted molar refractivity (Wildman–Crippen MR) is 97.9 cm³/mol. The highest BCUT2D eigenvalue weighted by Crippen LogP contribution is 2.26. The van der Waals surface area contributed by atoms with Crippen LogP contribution in [0.2, 0.25) is 0 Å². The summed E-state index contributed by atoms with van der Waals surface area (Å²) < 4.78 is 5.82. The highest BCUT2D eigenvalue weighted by molar-refractivity contribution is 5.85. The van der Waals surface area contributed by atoms with E-state index in [1.807, 2.05) is 38.1 Å². The second kappa shape index (κ2) is 10.5. The number of amides is 1. The van der Waals surface area contributed by atoms with Crippen LogP contribution in [0.5, 0.6) is 5.75 Å². The summed E-state index contributed by atoms with van der Waals surface area (Å²) in [6.45, 7) is 9.75. The molecule has 0 saturated heterocycles. The Labute approximate surface area is 146 Å². The minimum Gasteiger partial charge on any atom is -0.493 e. The van der Waals surface area contributed by atoms with Crippen LogP contribution in [0.1, 0.15) is 46.1 Å². The quantitative estimate of drug-likeness (QED) is 0.721. The zero-order valence-electron chi connectivity index (χ0n) is 14.7. The molecule has 1 amide bonds. The Balaban J connectivity index is 0.00000484. The van der Waals surface area contributed by atoms with Crippen LogP contribution in [0.15, 0.2) is 24.3 Å². The Morgan fingerprint density at radius 2 is 1.87 bits per heavy atom. The number of carbonyl (C=O) groups is 1. The van der Waals surface area contributed by atoms with Gasteiger partial charge >= 0.3 is 0 Å². The smallest absolute Gasteiger partial charge is 0.227 e. The van der Waals surface area contributed by atoms with Crippen LogP contribution in [0, 0.1) is 11.3 Å². The zero-order chi connectivity index (χ0) is 16.6. The van der Waals surface area contributed by atoms with Crippen molar-refractivity contribution < 1.29 is 9.53 Å². The van der Waals surface area contributed by atoms with E-state index >= 15 is 0 Å². The van der Waals surface area contributed by atoms with Crippen LogP contribution in [-0.4, -0.2) is 19.1 Å². The van der Waals surface area contributed by atoms with Crippen molar-refractivity contribution in [1.29, 1.82) is 0 Å². The van der Waals surface area contributed by atoms with E-state index in [0.29, 0.717) is 25.6 Å². The lowest BCUT2D eigenvalue weighted by atomic mass is 9.81. The first-order valence-corrected chi connectivity index (χ1v) is 8.18. The van der Waals surface area contributed by atoms with Crippen LogP contribution in [0.3, 0.4) is 0 Å². The normalized spacial score (nSPS) is 11.0. The molecular formula is C18H31ClN2O2. The summed E-state index contributed by atoms with van der Waals surface area (Å²) in [7, 11) is 0. The van der Waals surface area contributed by atoms with E-state index in [0.717, 1.165) is 24.2 Å². The lowest BCUT2D eigenvalue weighted by molar-refractivity contribution is -0.131. The number of carbonyl (C=O) groups excluding carboxylic acids is 1. The summed E-state index contributed by atoms with van der Waals surface area (Å²) in [6.07, 6.45) is 1.49. The lowest BCUT2D eigenvalue weighted by Gasteiger charge is -2.28. The van der Waals surface area contributed by atoms with Crippen molar-refractivity contribution in [2.75, 3.05) is 13.2 Å². The molecule has 1 aromatic rings. The third-order valence-electron chi connectivity index (χ3n) is 4.21. The molecule has 0 aliphatic rings. The standard InChI is InChI=1S/C18H30N2O2.ClH/c1-5-18(6-2,13-19)17(21)20-11-15-9-7-8-10-16(15)22-12-14(3)4;/h7-10,14H,5-6,11-13,19H2,1-4H3,(H,20,21);1H. The number of para-hydroxylation sites is 1. The van der Waals surface area contributed by atoms with Gasteiger partial charge in [0.25, 0.3) is 0 Å². The van der Waals surface area contributed by atoms with Gasteiger partial charge in [-0.15, -0.1) is 12.4 Å². The molecule has 0 saturated carbocycles. The van der Waals surface area contributed by atoms with Gasteiger partial charge in [0.05, 0.1) is 12.0 Å². The van der Waals surface area contributed by atoms with Gasteiger partial charge in [0, 0.05) is 18.7 Å². The Morgan fingerprint density at radius 1 is 1.26 bits per heavy atom. The molecule has 0 aromatic heterocycles. The Morgan fingerprint density at radius 3 is 2.39 bits per heavy atom. The fourth-order valence-electron chi connectivity index (χ4n) is 2.36. The summed E-state index contributed by atoms with van der Waals surface area (Å²) >= 11 is 0. The first-order chi connectivity index (χ1) is 10.5. The number of ether oxygens (including phenoxy) is 1. The Hall–Kier alpha value is -1.26. The van der Waals surface area contributed by atoms with Crippen LogP contribution >= 0.6 is 12.4 Å². The van der Waals surface area contributed by atoms with E-state index < -0.39 is 5.41 Å². The molecule has 0 radical (unpaired) electrons. The van der Waals surface area contributed by atoms with E-state index in [1.54, 1.807) is 0 Å². The Kier molecular flexibility index (Phi) is 9.93. The summed E-state index contributed by atoms with van der Waals surface area (Å²) in [5, 5.41) is 3.02. The summed E-state index contributed by atoms with van der Waals surface area (Å²) in [5.41, 5.74) is 6.35. The SMILES string of the molecule is CCC(CC)(CN)C(=O)NCc1ccccc1OCC(C)C.Cl. The maximum absolute atomic E-state index is 12.5. The second-order valence-corrected chi connectivity index (χ2v) is 6.19. The predicted octanol–water partition coefficient (Wildman–Crippen LogP) is 3.52. The topological polar surface area (TPSA) is 64.4 Å². The number of nitrogens with two attached hydrogens (primary N) is 1. The minimum atomic E-state index is -0.465. The summed E-state index contributed by atoms with van der Waals surface area (Å²) in [5.74, 6) is 1.33. The molecule has 3 N–H and O–H groups in total. The molecule has 4 nitrogen and oxygen atoms in total. The van der Waals surface area contributed by atoms with Crippen molar-refractivity contribution >= 4 is 18.3 Å². The molecule has 0 heterocycles. The zero-order valence-corrected chi connectivity index (χ0v) is 15.5. The van der Waals surface area contributed by atoms with Crippen molar-refractivity contribution in [2.45, 2.75) is 47.1 Å². The van der Waals surface area contributed by atoms with Crippen LogP contribution in [-0.2, 0) is 11.3 Å². The fraction of sp³-hybridized carbons (Fsp3) is 0.611. The number of nitrogens with one attached hydrogen (secondary N) is 1. The van der Waals surface area contributed by atoms with Crippen molar-refractivity contribution in [3.63, 3.8) is 0 Å². The molecular weight excluding hydrogens is 312 g/mol. The second-order valence-electron chi connectivity index (χ2n) is 6.19. The molecule has 0 unspecified atom stereocenters. The number of rotatable bonds is 9. The van der Waals surface area contributed by atoms with Crippen LogP contribution in [0.25, 0.3) is 0 Å². The first kappa shape index (κ1) is 21.7. The average molecular weight is 343 g/mol. The molecule has 5 heteroatoms. The van der Waals surface area contributed by atoms with Gasteiger partial charge in [0.1, 0.15) is 5.75 Å². The maximum atomic E-state index is 12.5. The summed E-state index contributed by atoms with van der Waals surface area (Å²) in [4.78, 5) is 12.5. The summed E-state index contributed by atoms with van der Waals surface area (Å²) in [6, 6.07) is 7.83. The van der Waals surface area contributed by atoms with Gasteiger partial charge < -0.3 is 15.8 Å². The van der Waals surface area contributed by atoms with Gasteiger partial charge in [-0.1, -0.05) is 45.9 Å². The highest BCUT2D eigenvalue weighted by atomic mass is 35.5. The van der Waals surface area contributed by atoms with Gasteiger partial charge in [0.15, 0.2) is 0 Å². The minimum absolute atomic E-state index is 0. The largest absolute Gasteiger partial charge is 0.493 e. The van der Waals surface area contributed by atoms with Crippen molar-refractivity contribution in [1.82, 2.24) is 5.32 Å². The van der Waals surface area contributed by atoms with E-state index in [9.17, 15) is 4.79 Å². The molecule has 132 valence electrons. The van der Waals surface area contributed by atoms with Gasteiger partial charge in [-0.3, -0.25) is 4.79 Å². The number of halogens is 1. The lowest BCUT2D eigenvalue weighted by Crippen LogP contribution is -2.45. The molecule has 23 heavy (non-hydrogen) atoms. The van der Waals surface area contributed by atoms with Crippen molar-refractivity contribution in [3.05, 3.63) is 29.8 Å². The molecule has 0 bridgehead atoms. The van der Waals surface area contributed by atoms with Gasteiger partial charge in [-0.2, -0.15) is 0 Å². The number of hydrogen-bond acceptors (Lipinski definition) is 3. The molecule has 0 aliphatic heterocycles. The van der Waals surface area contributed by atoms with Gasteiger partial charge in [0.2, 0.25) is 5.91 Å². The van der Waals surface area contributed by atoms with Crippen LogP contribution < -0.4 is 15.8 Å². The molecule has 1 rings (SSSR count). The van der Waals surface area contributed by atoms with Crippen molar-refractivity contribution in [3.8, 4) is 5.75 Å². The van der Waals surface area contributed by atoms with Crippen LogP contribution in [0.4, 0.5) is 0 Å².